The van der Waals surface area contributed by atoms with Gasteiger partial charge in [0.1, 0.15) is 0 Å². The van der Waals surface area contributed by atoms with Crippen LogP contribution in [0.3, 0.4) is 0 Å². The largest absolute Gasteiger partial charge is 0.278 e. The van der Waals surface area contributed by atoms with E-state index in [4.69, 9.17) is 0 Å². The fourth-order valence-electron chi connectivity index (χ4n) is 0.937. The van der Waals surface area contributed by atoms with E-state index in [0.29, 0.717) is 11.5 Å². The van der Waals surface area contributed by atoms with E-state index in [0.717, 1.165) is 0 Å². The molecule has 1 atom stereocenters. The summed E-state index contributed by atoms with van der Waals surface area (Å²) in [6.07, 6.45) is 0. The number of hydrogen-bond donors (Lipinski definition) is 0. The van der Waals surface area contributed by atoms with Crippen molar-refractivity contribution in [2.45, 2.75) is 33.7 Å². The zero-order chi connectivity index (χ0) is 7.78. The summed E-state index contributed by atoms with van der Waals surface area (Å²) in [5.41, 5.74) is 0.352. The molecule has 1 heterocycles. The fraction of sp³-hybridized carbons (Fsp3) is 0.875. The van der Waals surface area contributed by atoms with Crippen molar-refractivity contribution in [2.24, 2.45) is 10.4 Å². The van der Waals surface area contributed by atoms with E-state index in [1.807, 2.05) is 11.8 Å². The molecule has 0 aromatic rings. The van der Waals surface area contributed by atoms with Crippen LogP contribution in [0.1, 0.15) is 27.7 Å². The molecule has 0 saturated heterocycles. The monoisotopic (exact) mass is 157 g/mol. The molecule has 1 aliphatic heterocycles. The third-order valence-corrected chi connectivity index (χ3v) is 2.79. The molecule has 2 heteroatoms. The Balaban J connectivity index is 2.61. The van der Waals surface area contributed by atoms with E-state index in [1.165, 1.54) is 10.8 Å². The Labute approximate surface area is 67.3 Å². The Morgan fingerprint density at radius 2 is 2.10 bits per heavy atom. The Morgan fingerprint density at radius 1 is 1.50 bits per heavy atom. The van der Waals surface area contributed by atoms with Crippen LogP contribution in [0.2, 0.25) is 0 Å². The van der Waals surface area contributed by atoms with Crippen molar-refractivity contribution in [3.8, 4) is 0 Å². The van der Waals surface area contributed by atoms with Crippen molar-refractivity contribution >= 4 is 16.8 Å². The maximum atomic E-state index is 4.54. The molecule has 0 aromatic heterocycles. The van der Waals surface area contributed by atoms with Gasteiger partial charge in [0.05, 0.1) is 11.1 Å². The highest BCUT2D eigenvalue weighted by atomic mass is 32.2. The Kier molecular flexibility index (Phi) is 2.09. The second-order valence-electron chi connectivity index (χ2n) is 3.84. The first kappa shape index (κ1) is 8.12. The van der Waals surface area contributed by atoms with Crippen LogP contribution in [-0.4, -0.2) is 16.8 Å². The van der Waals surface area contributed by atoms with Gasteiger partial charge in [-0.25, -0.2) is 0 Å². The molecular formula is C8H15NS. The Bertz CT molecular complexity index is 155. The van der Waals surface area contributed by atoms with Gasteiger partial charge >= 0.3 is 0 Å². The van der Waals surface area contributed by atoms with Gasteiger partial charge in [0, 0.05) is 5.75 Å². The molecule has 0 spiro atoms. The normalized spacial score (nSPS) is 26.8. The molecular weight excluding hydrogens is 142 g/mol. The molecule has 0 amide bonds. The van der Waals surface area contributed by atoms with Gasteiger partial charge in [0.25, 0.3) is 0 Å². The summed E-state index contributed by atoms with van der Waals surface area (Å²) in [4.78, 5) is 4.54. The van der Waals surface area contributed by atoms with Gasteiger partial charge in [-0.2, -0.15) is 0 Å². The van der Waals surface area contributed by atoms with Crippen LogP contribution >= 0.6 is 11.8 Å². The molecule has 0 aliphatic carbocycles. The second-order valence-corrected chi connectivity index (χ2v) is 5.05. The first-order chi connectivity index (χ1) is 4.50. The highest BCUT2D eigenvalue weighted by Gasteiger charge is 2.27. The van der Waals surface area contributed by atoms with Crippen LogP contribution in [0.15, 0.2) is 4.99 Å². The van der Waals surface area contributed by atoms with Gasteiger partial charge < -0.3 is 0 Å². The van der Waals surface area contributed by atoms with Crippen LogP contribution in [0.5, 0.6) is 0 Å². The van der Waals surface area contributed by atoms with Crippen molar-refractivity contribution < 1.29 is 0 Å². The smallest absolute Gasteiger partial charge is 0.0651 e. The van der Waals surface area contributed by atoms with Gasteiger partial charge in [-0.15, -0.1) is 11.8 Å². The van der Waals surface area contributed by atoms with E-state index < -0.39 is 0 Å². The minimum Gasteiger partial charge on any atom is -0.278 e. The molecule has 1 nitrogen and oxygen atoms in total. The first-order valence-electron chi connectivity index (χ1n) is 3.67. The zero-order valence-corrected chi connectivity index (χ0v) is 7.96. The molecule has 0 saturated carbocycles. The third-order valence-electron chi connectivity index (χ3n) is 1.79. The lowest BCUT2D eigenvalue weighted by atomic mass is 9.88. The van der Waals surface area contributed by atoms with Crippen molar-refractivity contribution in [1.82, 2.24) is 0 Å². The maximum absolute atomic E-state index is 4.54. The lowest BCUT2D eigenvalue weighted by Gasteiger charge is -2.23. The molecule has 1 unspecified atom stereocenters. The van der Waals surface area contributed by atoms with Gasteiger partial charge in [-0.05, 0) is 12.3 Å². The summed E-state index contributed by atoms with van der Waals surface area (Å²) in [6.45, 7) is 8.84. The summed E-state index contributed by atoms with van der Waals surface area (Å²) in [5.74, 6) is 1.18. The minimum atomic E-state index is 0.352. The summed E-state index contributed by atoms with van der Waals surface area (Å²) in [6, 6.07) is 0.539. The SMILES string of the molecule is CC1=NC(C(C)(C)C)CS1. The van der Waals surface area contributed by atoms with Crippen molar-refractivity contribution in [2.75, 3.05) is 5.75 Å². The van der Waals surface area contributed by atoms with Gasteiger partial charge in [-0.3, -0.25) is 4.99 Å². The number of rotatable bonds is 0. The molecule has 0 aromatic carbocycles. The first-order valence-corrected chi connectivity index (χ1v) is 4.66. The highest BCUT2D eigenvalue weighted by Crippen LogP contribution is 2.30. The molecule has 58 valence electrons. The standard InChI is InChI=1S/C8H15NS/c1-6-9-7(5-10-6)8(2,3)4/h7H,5H2,1-4H3. The van der Waals surface area contributed by atoms with Gasteiger partial charge in [-0.1, -0.05) is 20.8 Å². The second kappa shape index (κ2) is 2.57. The third kappa shape index (κ3) is 1.75. The summed E-state index contributed by atoms with van der Waals surface area (Å²) in [5, 5.41) is 1.25. The zero-order valence-electron chi connectivity index (χ0n) is 7.14. The van der Waals surface area contributed by atoms with Crippen LogP contribution in [0.25, 0.3) is 0 Å². The molecule has 1 aliphatic rings. The predicted molar refractivity (Wildman–Crippen MR) is 48.8 cm³/mol. The van der Waals surface area contributed by atoms with Crippen LogP contribution in [-0.2, 0) is 0 Å². The molecule has 1 rings (SSSR count). The van der Waals surface area contributed by atoms with E-state index in [-0.39, 0.29) is 0 Å². The number of thioether (sulfide) groups is 1. The lowest BCUT2D eigenvalue weighted by Crippen LogP contribution is -2.24. The van der Waals surface area contributed by atoms with Crippen molar-refractivity contribution in [3.63, 3.8) is 0 Å². The molecule has 0 bridgehead atoms. The summed E-state index contributed by atoms with van der Waals surface area (Å²) < 4.78 is 0. The lowest BCUT2D eigenvalue weighted by molar-refractivity contribution is 0.349. The Morgan fingerprint density at radius 3 is 2.30 bits per heavy atom. The summed E-state index contributed by atoms with van der Waals surface area (Å²) >= 11 is 1.88. The number of aliphatic imine (C=N–C) groups is 1. The highest BCUT2D eigenvalue weighted by molar-refractivity contribution is 8.14. The van der Waals surface area contributed by atoms with Gasteiger partial charge in [0.15, 0.2) is 0 Å². The quantitative estimate of drug-likeness (QED) is 0.526. The minimum absolute atomic E-state index is 0.352. The van der Waals surface area contributed by atoms with E-state index in [1.54, 1.807) is 0 Å². The molecule has 0 N–H and O–H groups in total. The van der Waals surface area contributed by atoms with Crippen LogP contribution < -0.4 is 0 Å². The number of hydrogen-bond acceptors (Lipinski definition) is 2. The van der Waals surface area contributed by atoms with E-state index in [9.17, 15) is 0 Å². The van der Waals surface area contributed by atoms with E-state index in [2.05, 4.69) is 32.7 Å². The van der Waals surface area contributed by atoms with Gasteiger partial charge in [0.2, 0.25) is 0 Å². The fourth-order valence-corrected chi connectivity index (χ4v) is 2.11. The predicted octanol–water partition coefficient (Wildman–Crippen LogP) is 2.57. The van der Waals surface area contributed by atoms with Crippen LogP contribution in [0.4, 0.5) is 0 Å². The van der Waals surface area contributed by atoms with Crippen molar-refractivity contribution in [1.29, 1.82) is 0 Å². The van der Waals surface area contributed by atoms with Crippen molar-refractivity contribution in [3.05, 3.63) is 0 Å². The Hall–Kier alpha value is 0.0200. The average Bonchev–Trinajstić information content (AvgIpc) is 2.11. The average molecular weight is 157 g/mol. The molecule has 0 fully saturated rings. The summed E-state index contributed by atoms with van der Waals surface area (Å²) in [7, 11) is 0. The van der Waals surface area contributed by atoms with Crippen LogP contribution in [0, 0.1) is 5.41 Å². The van der Waals surface area contributed by atoms with E-state index >= 15 is 0 Å². The number of nitrogens with zero attached hydrogens (tertiary/aromatic N) is 1. The molecule has 10 heavy (non-hydrogen) atoms. The molecule has 0 radical (unpaired) electrons. The maximum Gasteiger partial charge on any atom is 0.0651 e. The topological polar surface area (TPSA) is 12.4 Å².